The average Bonchev–Trinajstić information content (AvgIpc) is 2.62. The van der Waals surface area contributed by atoms with Crippen molar-refractivity contribution in [2.75, 3.05) is 18.4 Å². The Balaban J connectivity index is 1.97. The minimum Gasteiger partial charge on any atom is -0.352 e. The Morgan fingerprint density at radius 1 is 1.04 bits per heavy atom. The minimum atomic E-state index is -0.306. The van der Waals surface area contributed by atoms with Crippen LogP contribution in [-0.2, 0) is 11.2 Å². The van der Waals surface area contributed by atoms with Crippen LogP contribution >= 0.6 is 0 Å². The quantitative estimate of drug-likeness (QED) is 0.729. The van der Waals surface area contributed by atoms with E-state index in [1.165, 1.54) is 0 Å². The van der Waals surface area contributed by atoms with Gasteiger partial charge < -0.3 is 16.4 Å². The van der Waals surface area contributed by atoms with Gasteiger partial charge in [0.1, 0.15) is 0 Å². The zero-order valence-electron chi connectivity index (χ0n) is 13.8. The molecule has 0 aliphatic carbocycles. The predicted octanol–water partition coefficient (Wildman–Crippen LogP) is 2.19. The fourth-order valence-corrected chi connectivity index (χ4v) is 2.21. The van der Waals surface area contributed by atoms with E-state index in [9.17, 15) is 9.59 Å². The number of carbonyl (C=O) groups excluding carboxylic acids is 2. The second-order valence-corrected chi connectivity index (χ2v) is 5.66. The molecule has 0 radical (unpaired) electrons. The topological polar surface area (TPSA) is 84.2 Å². The van der Waals surface area contributed by atoms with Gasteiger partial charge in [-0.05, 0) is 24.1 Å². The molecule has 0 saturated carbocycles. The van der Waals surface area contributed by atoms with Gasteiger partial charge in [-0.15, -0.1) is 0 Å². The first-order chi connectivity index (χ1) is 11.6. The predicted molar refractivity (Wildman–Crippen MR) is 95.8 cm³/mol. The number of rotatable bonds is 7. The molecule has 2 aromatic rings. The highest BCUT2D eigenvalue weighted by molar-refractivity contribution is 6.04. The number of para-hydroxylation sites is 1. The molecule has 4 N–H and O–H groups in total. The van der Waals surface area contributed by atoms with Crippen LogP contribution in [0.15, 0.2) is 54.6 Å². The highest BCUT2D eigenvalue weighted by atomic mass is 16.2. The zero-order chi connectivity index (χ0) is 17.4. The molecule has 24 heavy (non-hydrogen) atoms. The van der Waals surface area contributed by atoms with Crippen molar-refractivity contribution >= 4 is 17.5 Å². The maximum atomic E-state index is 12.4. The molecule has 0 aliphatic heterocycles. The van der Waals surface area contributed by atoms with Crippen molar-refractivity contribution in [3.63, 3.8) is 0 Å². The van der Waals surface area contributed by atoms with Crippen molar-refractivity contribution in [2.24, 2.45) is 11.7 Å². The Morgan fingerprint density at radius 3 is 2.42 bits per heavy atom. The zero-order valence-corrected chi connectivity index (χ0v) is 13.8. The van der Waals surface area contributed by atoms with Gasteiger partial charge in [0, 0.05) is 19.0 Å². The second-order valence-electron chi connectivity index (χ2n) is 5.66. The summed E-state index contributed by atoms with van der Waals surface area (Å²) in [7, 11) is 0. The Morgan fingerprint density at radius 2 is 1.71 bits per heavy atom. The Bertz CT molecular complexity index is 686. The molecular weight excluding hydrogens is 302 g/mol. The monoisotopic (exact) mass is 325 g/mol. The van der Waals surface area contributed by atoms with Crippen LogP contribution in [0.1, 0.15) is 22.8 Å². The van der Waals surface area contributed by atoms with Crippen LogP contribution in [-0.4, -0.2) is 24.9 Å². The largest absolute Gasteiger partial charge is 0.352 e. The molecule has 2 amide bonds. The van der Waals surface area contributed by atoms with Crippen LogP contribution in [0.25, 0.3) is 0 Å². The van der Waals surface area contributed by atoms with Gasteiger partial charge in [-0.25, -0.2) is 0 Å². The fourth-order valence-electron chi connectivity index (χ4n) is 2.21. The Labute approximate surface area is 142 Å². The molecule has 0 spiro atoms. The summed E-state index contributed by atoms with van der Waals surface area (Å²) >= 11 is 0. The third-order valence-corrected chi connectivity index (χ3v) is 3.77. The molecule has 0 heterocycles. The minimum absolute atomic E-state index is 0.193. The molecule has 2 rings (SSSR count). The van der Waals surface area contributed by atoms with E-state index in [0.717, 1.165) is 12.0 Å². The van der Waals surface area contributed by atoms with Crippen molar-refractivity contribution in [1.82, 2.24) is 5.32 Å². The van der Waals surface area contributed by atoms with Gasteiger partial charge in [0.05, 0.1) is 11.3 Å². The Kier molecular flexibility index (Phi) is 6.51. The summed E-state index contributed by atoms with van der Waals surface area (Å²) in [6.45, 7) is 2.54. The molecule has 5 heteroatoms. The van der Waals surface area contributed by atoms with E-state index >= 15 is 0 Å². The van der Waals surface area contributed by atoms with Crippen molar-refractivity contribution in [3.05, 3.63) is 65.7 Å². The number of carbonyl (C=O) groups is 2. The molecule has 0 saturated heterocycles. The van der Waals surface area contributed by atoms with Crippen molar-refractivity contribution < 1.29 is 9.59 Å². The smallest absolute Gasteiger partial charge is 0.253 e. The van der Waals surface area contributed by atoms with Gasteiger partial charge in [0.15, 0.2) is 0 Å². The van der Waals surface area contributed by atoms with Gasteiger partial charge in [-0.1, -0.05) is 49.4 Å². The molecule has 1 unspecified atom stereocenters. The van der Waals surface area contributed by atoms with Crippen molar-refractivity contribution in [1.29, 1.82) is 0 Å². The van der Waals surface area contributed by atoms with E-state index in [1.54, 1.807) is 31.2 Å². The number of nitrogens with two attached hydrogens (primary N) is 1. The number of amides is 2. The van der Waals surface area contributed by atoms with Crippen LogP contribution in [0, 0.1) is 5.92 Å². The number of anilines is 1. The van der Waals surface area contributed by atoms with E-state index in [-0.39, 0.29) is 24.3 Å². The van der Waals surface area contributed by atoms with E-state index in [0.29, 0.717) is 17.8 Å². The summed E-state index contributed by atoms with van der Waals surface area (Å²) in [5.74, 6) is -0.705. The highest BCUT2D eigenvalue weighted by Crippen LogP contribution is 2.16. The fraction of sp³-hybridized carbons (Fsp3) is 0.263. The van der Waals surface area contributed by atoms with E-state index in [2.05, 4.69) is 10.6 Å². The molecule has 2 aromatic carbocycles. The van der Waals surface area contributed by atoms with Gasteiger partial charge in [-0.3, -0.25) is 9.59 Å². The number of nitrogens with one attached hydrogen (secondary N) is 2. The molecule has 0 aromatic heterocycles. The maximum Gasteiger partial charge on any atom is 0.253 e. The number of hydrogen-bond acceptors (Lipinski definition) is 3. The molecule has 0 bridgehead atoms. The lowest BCUT2D eigenvalue weighted by atomic mass is 10.1. The highest BCUT2D eigenvalue weighted by Gasteiger charge is 2.15. The summed E-state index contributed by atoms with van der Waals surface area (Å²) in [6, 6.07) is 16.9. The van der Waals surface area contributed by atoms with Crippen LogP contribution in [0.4, 0.5) is 5.69 Å². The lowest BCUT2D eigenvalue weighted by Crippen LogP contribution is -2.30. The first kappa shape index (κ1) is 17.7. The van der Waals surface area contributed by atoms with Gasteiger partial charge in [0.2, 0.25) is 5.91 Å². The van der Waals surface area contributed by atoms with E-state index in [1.807, 2.05) is 30.3 Å². The lowest BCUT2D eigenvalue weighted by molar-refractivity contribution is -0.119. The molecular formula is C19H23N3O2. The number of benzene rings is 2. The van der Waals surface area contributed by atoms with Crippen LogP contribution in [0.5, 0.6) is 0 Å². The van der Waals surface area contributed by atoms with Gasteiger partial charge in [0.25, 0.3) is 5.91 Å². The van der Waals surface area contributed by atoms with Crippen LogP contribution in [0.2, 0.25) is 0 Å². The number of hydrogen-bond donors (Lipinski definition) is 3. The summed E-state index contributed by atoms with van der Waals surface area (Å²) < 4.78 is 0. The molecule has 0 aliphatic rings. The van der Waals surface area contributed by atoms with Crippen molar-refractivity contribution in [2.45, 2.75) is 13.3 Å². The lowest BCUT2D eigenvalue weighted by Gasteiger charge is -2.13. The first-order valence-electron chi connectivity index (χ1n) is 8.04. The van der Waals surface area contributed by atoms with Gasteiger partial charge >= 0.3 is 0 Å². The molecule has 126 valence electrons. The second kappa shape index (κ2) is 8.84. The summed E-state index contributed by atoms with van der Waals surface area (Å²) in [5.41, 5.74) is 7.62. The third-order valence-electron chi connectivity index (χ3n) is 3.77. The third kappa shape index (κ3) is 4.93. The van der Waals surface area contributed by atoms with Crippen LogP contribution < -0.4 is 16.4 Å². The Hall–Kier alpha value is -2.66. The maximum absolute atomic E-state index is 12.4. The van der Waals surface area contributed by atoms with Gasteiger partial charge in [-0.2, -0.15) is 0 Å². The molecule has 0 fully saturated rings. The SMILES string of the molecule is CC(CN)C(=O)Nc1ccccc1C(=O)NCCc1ccccc1. The standard InChI is InChI=1S/C19H23N3O2/c1-14(13-20)18(23)22-17-10-6-5-9-16(17)19(24)21-12-11-15-7-3-2-4-8-15/h2-10,14H,11-13,20H2,1H3,(H,21,24)(H,22,23). The van der Waals surface area contributed by atoms with E-state index < -0.39 is 0 Å². The van der Waals surface area contributed by atoms with Crippen LogP contribution in [0.3, 0.4) is 0 Å². The average molecular weight is 325 g/mol. The normalized spacial score (nSPS) is 11.6. The molecule has 5 nitrogen and oxygen atoms in total. The summed E-state index contributed by atoms with van der Waals surface area (Å²) in [6.07, 6.45) is 0.755. The van der Waals surface area contributed by atoms with E-state index in [4.69, 9.17) is 5.73 Å². The van der Waals surface area contributed by atoms with Crippen molar-refractivity contribution in [3.8, 4) is 0 Å². The summed E-state index contributed by atoms with van der Waals surface area (Å²) in [5, 5.41) is 5.66. The first-order valence-corrected chi connectivity index (χ1v) is 8.04. The molecule has 1 atom stereocenters. The summed E-state index contributed by atoms with van der Waals surface area (Å²) in [4.78, 5) is 24.4.